The summed E-state index contributed by atoms with van der Waals surface area (Å²) in [5.74, 6) is 1.05. The van der Waals surface area contributed by atoms with Crippen LogP contribution in [0, 0.1) is 3.57 Å². The van der Waals surface area contributed by atoms with Crippen molar-refractivity contribution in [3.63, 3.8) is 0 Å². The maximum absolute atomic E-state index is 4.33. The molecule has 1 rings (SSSR count). The number of hydrogen-bond donors (Lipinski definition) is 0. The minimum atomic E-state index is 0.531. The van der Waals surface area contributed by atoms with E-state index in [0.29, 0.717) is 6.04 Å². The van der Waals surface area contributed by atoms with Gasteiger partial charge in [-0.3, -0.25) is 0 Å². The maximum Gasteiger partial charge on any atom is 0.145 e. The Balaban J connectivity index is 2.94. The van der Waals surface area contributed by atoms with Gasteiger partial charge in [-0.25, -0.2) is 9.97 Å². The highest BCUT2D eigenvalue weighted by molar-refractivity contribution is 14.1. The van der Waals surface area contributed by atoms with Gasteiger partial charge in [0, 0.05) is 18.8 Å². The van der Waals surface area contributed by atoms with Crippen LogP contribution in [-0.2, 0) is 0 Å². The van der Waals surface area contributed by atoms with Crippen molar-refractivity contribution in [1.82, 2.24) is 9.97 Å². The number of hydrogen-bond acceptors (Lipinski definition) is 3. The molecule has 1 unspecified atom stereocenters. The lowest BCUT2D eigenvalue weighted by Crippen LogP contribution is -2.33. The van der Waals surface area contributed by atoms with Crippen LogP contribution in [0.3, 0.4) is 0 Å². The first-order valence-corrected chi connectivity index (χ1v) is 6.00. The lowest BCUT2D eigenvalue weighted by molar-refractivity contribution is 0.621. The van der Waals surface area contributed by atoms with Crippen molar-refractivity contribution in [1.29, 1.82) is 0 Å². The average Bonchev–Trinajstić information content (AvgIpc) is 2.21. The second kappa shape index (κ2) is 5.48. The number of rotatable bonds is 4. The van der Waals surface area contributed by atoms with E-state index in [1.54, 1.807) is 6.33 Å². The van der Waals surface area contributed by atoms with Crippen LogP contribution in [0.2, 0.25) is 0 Å². The molecule has 0 bridgehead atoms. The lowest BCUT2D eigenvalue weighted by atomic mass is 10.2. The summed E-state index contributed by atoms with van der Waals surface area (Å²) in [7, 11) is 0. The summed E-state index contributed by atoms with van der Waals surface area (Å²) >= 11 is 2.28. The van der Waals surface area contributed by atoms with Crippen molar-refractivity contribution < 1.29 is 0 Å². The molecule has 0 aliphatic rings. The molecule has 0 aliphatic carbocycles. The molecule has 0 saturated heterocycles. The van der Waals surface area contributed by atoms with Crippen LogP contribution in [0.5, 0.6) is 0 Å². The van der Waals surface area contributed by atoms with Gasteiger partial charge in [0.1, 0.15) is 12.1 Å². The summed E-state index contributed by atoms with van der Waals surface area (Å²) in [6.45, 7) is 7.56. The third kappa shape index (κ3) is 2.56. The Hall–Kier alpha value is -0.390. The van der Waals surface area contributed by atoms with Crippen molar-refractivity contribution in [2.45, 2.75) is 33.2 Å². The fourth-order valence-electron chi connectivity index (χ4n) is 1.41. The molecule has 0 saturated carbocycles. The minimum absolute atomic E-state index is 0.531. The van der Waals surface area contributed by atoms with Gasteiger partial charge in [0.2, 0.25) is 0 Å². The molecule has 1 aromatic rings. The smallest absolute Gasteiger partial charge is 0.145 e. The summed E-state index contributed by atoms with van der Waals surface area (Å²) in [6.07, 6.45) is 4.60. The summed E-state index contributed by atoms with van der Waals surface area (Å²) in [6, 6.07) is 0.531. The van der Waals surface area contributed by atoms with E-state index in [2.05, 4.69) is 58.2 Å². The topological polar surface area (TPSA) is 29.0 Å². The van der Waals surface area contributed by atoms with Crippen molar-refractivity contribution in [3.8, 4) is 0 Å². The molecule has 0 aromatic carbocycles. The van der Waals surface area contributed by atoms with Gasteiger partial charge in [0.05, 0.1) is 3.57 Å². The van der Waals surface area contributed by atoms with Gasteiger partial charge in [0.15, 0.2) is 0 Å². The number of nitrogens with zero attached hydrogens (tertiary/aromatic N) is 3. The third-order valence-corrected chi connectivity index (χ3v) is 3.14. The summed E-state index contributed by atoms with van der Waals surface area (Å²) in [5.41, 5.74) is 0. The molecule has 0 spiro atoms. The molecular weight excluding hydrogens is 289 g/mol. The number of aromatic nitrogens is 2. The van der Waals surface area contributed by atoms with Crippen LogP contribution in [0.4, 0.5) is 5.82 Å². The van der Waals surface area contributed by atoms with Gasteiger partial charge in [-0.05, 0) is 42.9 Å². The summed E-state index contributed by atoms with van der Waals surface area (Å²) in [4.78, 5) is 10.6. The number of anilines is 1. The zero-order chi connectivity index (χ0) is 10.6. The monoisotopic (exact) mass is 305 g/mol. The van der Waals surface area contributed by atoms with Crippen molar-refractivity contribution >= 4 is 28.4 Å². The Morgan fingerprint density at radius 3 is 2.71 bits per heavy atom. The lowest BCUT2D eigenvalue weighted by Gasteiger charge is -2.28. The fourth-order valence-corrected chi connectivity index (χ4v) is 2.02. The Kier molecular flexibility index (Phi) is 4.57. The van der Waals surface area contributed by atoms with Crippen molar-refractivity contribution in [3.05, 3.63) is 16.1 Å². The maximum atomic E-state index is 4.33. The van der Waals surface area contributed by atoms with Gasteiger partial charge in [-0.2, -0.15) is 0 Å². The zero-order valence-electron chi connectivity index (χ0n) is 8.87. The van der Waals surface area contributed by atoms with Gasteiger partial charge < -0.3 is 4.90 Å². The molecule has 1 aromatic heterocycles. The van der Waals surface area contributed by atoms with Crippen LogP contribution < -0.4 is 4.90 Å². The Labute approximate surface area is 99.1 Å². The molecule has 0 amide bonds. The van der Waals surface area contributed by atoms with E-state index in [0.717, 1.165) is 22.4 Å². The van der Waals surface area contributed by atoms with Crippen LogP contribution in [0.25, 0.3) is 0 Å². The van der Waals surface area contributed by atoms with E-state index in [9.17, 15) is 0 Å². The van der Waals surface area contributed by atoms with Crippen LogP contribution in [0.1, 0.15) is 27.2 Å². The fraction of sp³-hybridized carbons (Fsp3) is 0.600. The van der Waals surface area contributed by atoms with Crippen LogP contribution in [0.15, 0.2) is 12.5 Å². The van der Waals surface area contributed by atoms with Gasteiger partial charge >= 0.3 is 0 Å². The molecule has 0 N–H and O–H groups in total. The Morgan fingerprint density at radius 2 is 2.21 bits per heavy atom. The largest absolute Gasteiger partial charge is 0.353 e. The second-order valence-corrected chi connectivity index (χ2v) is 4.40. The Bertz CT molecular complexity index is 290. The first kappa shape index (κ1) is 11.7. The van der Waals surface area contributed by atoms with E-state index in [1.807, 2.05) is 6.20 Å². The predicted octanol–water partition coefficient (Wildman–Crippen LogP) is 2.71. The molecule has 14 heavy (non-hydrogen) atoms. The molecule has 4 heteroatoms. The van der Waals surface area contributed by atoms with Crippen molar-refractivity contribution in [2.75, 3.05) is 11.4 Å². The quantitative estimate of drug-likeness (QED) is 0.801. The SMILES string of the molecule is CCC(C)N(CC)c1ncncc1I. The first-order chi connectivity index (χ1) is 6.70. The van der Waals surface area contributed by atoms with E-state index < -0.39 is 0 Å². The molecule has 3 nitrogen and oxygen atoms in total. The molecular formula is C10H16IN3. The second-order valence-electron chi connectivity index (χ2n) is 3.24. The Morgan fingerprint density at radius 1 is 1.50 bits per heavy atom. The summed E-state index contributed by atoms with van der Waals surface area (Å²) in [5, 5.41) is 0. The van der Waals surface area contributed by atoms with E-state index in [4.69, 9.17) is 0 Å². The average molecular weight is 305 g/mol. The van der Waals surface area contributed by atoms with Crippen LogP contribution >= 0.6 is 22.6 Å². The molecule has 1 heterocycles. The first-order valence-electron chi connectivity index (χ1n) is 4.92. The van der Waals surface area contributed by atoms with E-state index >= 15 is 0 Å². The molecule has 1 atom stereocenters. The normalized spacial score (nSPS) is 12.6. The van der Waals surface area contributed by atoms with Crippen LogP contribution in [-0.4, -0.2) is 22.6 Å². The highest BCUT2D eigenvalue weighted by atomic mass is 127. The summed E-state index contributed by atoms with van der Waals surface area (Å²) < 4.78 is 1.12. The highest BCUT2D eigenvalue weighted by Gasteiger charge is 2.14. The van der Waals surface area contributed by atoms with E-state index in [1.165, 1.54) is 0 Å². The van der Waals surface area contributed by atoms with Gasteiger partial charge in [-0.15, -0.1) is 0 Å². The van der Waals surface area contributed by atoms with E-state index in [-0.39, 0.29) is 0 Å². The molecule has 78 valence electrons. The molecule has 0 radical (unpaired) electrons. The third-order valence-electron chi connectivity index (χ3n) is 2.38. The van der Waals surface area contributed by atoms with Gasteiger partial charge in [-0.1, -0.05) is 6.92 Å². The van der Waals surface area contributed by atoms with Gasteiger partial charge in [0.25, 0.3) is 0 Å². The standard InChI is InChI=1S/C10H16IN3/c1-4-8(3)14(5-2)10-9(11)6-12-7-13-10/h6-8H,4-5H2,1-3H3. The zero-order valence-corrected chi connectivity index (χ0v) is 11.0. The molecule has 0 aliphatic heterocycles. The predicted molar refractivity (Wildman–Crippen MR) is 67.5 cm³/mol. The highest BCUT2D eigenvalue weighted by Crippen LogP contribution is 2.20. The number of halogens is 1. The van der Waals surface area contributed by atoms with Crippen molar-refractivity contribution in [2.24, 2.45) is 0 Å². The minimum Gasteiger partial charge on any atom is -0.353 e. The molecule has 0 fully saturated rings.